The highest BCUT2D eigenvalue weighted by molar-refractivity contribution is 8.77. The number of hydrogen-bond donors (Lipinski definition) is 10. The summed E-state index contributed by atoms with van der Waals surface area (Å²) in [5.74, 6) is 0. The van der Waals surface area contributed by atoms with Gasteiger partial charge in [-0.2, -0.15) is 0 Å². The standard InChI is InChI=1S/C13H21NO2.C13H20O2.C11H17NO2.C11H17N.C10H15NO2.C3H6O.H7P5.H6P4/c1-3-4-14(2)8-11-5-12(9-15)7-13(6-11)10-16;1-2-3-4-5-11-6-12(9-14)8-13(7-11)10-15;1-12(2)6-9-3-10(7-13)5-11(4-9)8-14;1-3-9-5-10(4-2)7-11(6-9)8-12;1-11-5-8-2-9(6-12)4-10(3-8)7-13;1-2-3-4;1-4-5(2)3;1-4(2)3/h5-7,15-16H,3-4,8-10H2,1-2H3;6-8,14-15H,2-5,9-10H2,1H3;3-5,13-14H,6-8H2,1-2H3;5-7H,3-4,8,12H2,1-2H3;2-4,11-13H,5-7H2,1H3;3H,2H2,1H3;4H,1-3H2;1-3H2. The van der Waals surface area contributed by atoms with Gasteiger partial charge in [0, 0.05) is 32.6 Å². The summed E-state index contributed by atoms with van der Waals surface area (Å²) in [6.07, 6.45) is 9.50. The topological polar surface area (TPSA) is 223 Å². The molecule has 0 heterocycles. The number of nitrogens with two attached hydrogens (primary N) is 1. The Balaban J connectivity index is -0.000000915. The molecule has 5 aromatic rings. The molecule has 0 aliphatic heterocycles. The molecule has 0 bridgehead atoms. The monoisotopic (exact) mass is 1320 g/mol. The van der Waals surface area contributed by atoms with Crippen LogP contribution in [0.2, 0.25) is 0 Å². The van der Waals surface area contributed by atoms with E-state index in [1.165, 1.54) is 41.5 Å². The van der Waals surface area contributed by atoms with E-state index in [0.717, 1.165) is 127 Å². The summed E-state index contributed by atoms with van der Waals surface area (Å²) in [5.41, 5.74) is 21.1. The van der Waals surface area contributed by atoms with Gasteiger partial charge in [0.1, 0.15) is 6.29 Å². The fourth-order valence-corrected chi connectivity index (χ4v) is 7.80. The number of nitrogens with one attached hydrogen (secondary N) is 1. The smallest absolute Gasteiger partial charge is 0.119 e. The number of hydrogen-bond acceptors (Lipinski definition) is 13. The zero-order valence-corrected chi connectivity index (χ0v) is 61.1. The first-order valence-corrected chi connectivity index (χ1v) is 42.5. The molecule has 7 unspecified atom stereocenters. The summed E-state index contributed by atoms with van der Waals surface area (Å²) in [4.78, 5) is 13.5. The van der Waals surface area contributed by atoms with Crippen molar-refractivity contribution in [1.82, 2.24) is 15.1 Å². The van der Waals surface area contributed by atoms with Crippen LogP contribution in [0.15, 0.2) is 91.0 Å². The van der Waals surface area contributed by atoms with Crippen LogP contribution in [0.3, 0.4) is 0 Å². The largest absolute Gasteiger partial charge is 0.392 e. The molecule has 83 heavy (non-hydrogen) atoms. The van der Waals surface area contributed by atoms with Crippen molar-refractivity contribution in [1.29, 1.82) is 0 Å². The zero-order chi connectivity index (χ0) is 63.5. The Morgan fingerprint density at radius 1 is 0.482 bits per heavy atom. The molecule has 5 aromatic carbocycles. The third-order valence-corrected chi connectivity index (χ3v) is 23.3. The molecule has 472 valence electrons. The van der Waals surface area contributed by atoms with E-state index in [0.29, 0.717) is 13.0 Å². The van der Waals surface area contributed by atoms with E-state index in [1.807, 2.05) is 94.8 Å². The summed E-state index contributed by atoms with van der Waals surface area (Å²) in [5, 5.41) is 75.4. The minimum absolute atomic E-state index is 0.0184. The van der Waals surface area contributed by atoms with Crippen molar-refractivity contribution < 1.29 is 45.6 Å². The van der Waals surface area contributed by atoms with Crippen molar-refractivity contribution in [2.75, 3.05) is 34.7 Å². The van der Waals surface area contributed by atoms with Crippen molar-refractivity contribution in [2.24, 2.45) is 5.73 Å². The fourth-order valence-electron chi connectivity index (χ4n) is 7.80. The number of aryl methyl sites for hydroxylation is 3. The number of nitrogens with zero attached hydrogens (tertiary/aromatic N) is 2. The number of aldehydes is 1. The predicted molar refractivity (Wildman–Crippen MR) is 383 cm³/mol. The molecule has 7 atom stereocenters. The normalized spacial score (nSPS) is 10.5. The van der Waals surface area contributed by atoms with Gasteiger partial charge in [-0.3, -0.25) is 0 Å². The van der Waals surface area contributed by atoms with Gasteiger partial charge < -0.3 is 66.5 Å². The van der Waals surface area contributed by atoms with Crippen molar-refractivity contribution in [2.45, 2.75) is 165 Å². The molecular weight excluding hydrogens is 1210 g/mol. The average Bonchev–Trinajstić information content (AvgIpc) is 3.49. The summed E-state index contributed by atoms with van der Waals surface area (Å²) >= 11 is 0. The van der Waals surface area contributed by atoms with Gasteiger partial charge in [-0.25, -0.2) is 0 Å². The van der Waals surface area contributed by atoms with Gasteiger partial charge in [-0.1, -0.05) is 146 Å². The van der Waals surface area contributed by atoms with Crippen LogP contribution in [0.1, 0.15) is 150 Å². The Bertz CT molecular complexity index is 2230. The van der Waals surface area contributed by atoms with Gasteiger partial charge in [-0.15, -0.1) is 53.6 Å². The molecule has 0 amide bonds. The van der Waals surface area contributed by atoms with E-state index in [9.17, 15) is 4.79 Å². The maximum Gasteiger partial charge on any atom is 0.119 e. The van der Waals surface area contributed by atoms with Gasteiger partial charge >= 0.3 is 0 Å². The van der Waals surface area contributed by atoms with E-state index >= 15 is 0 Å². The Kier molecular flexibility index (Phi) is 59.9. The van der Waals surface area contributed by atoms with Crippen LogP contribution < -0.4 is 11.1 Å². The molecule has 0 fully saturated rings. The fraction of sp³-hybridized carbons (Fsp3) is 0.492. The summed E-state index contributed by atoms with van der Waals surface area (Å²) in [6, 6.07) is 29.8. The molecule has 11 N–H and O–H groups in total. The third-order valence-electron chi connectivity index (χ3n) is 11.4. The van der Waals surface area contributed by atoms with Crippen molar-refractivity contribution in [3.63, 3.8) is 0 Å². The molecule has 0 spiro atoms. The molecule has 0 saturated heterocycles. The minimum atomic E-state index is 0.0184. The highest BCUT2D eigenvalue weighted by Gasteiger charge is 2.05. The first kappa shape index (κ1) is 86.4. The number of carbonyl (C=O) groups excluding carboxylic acids is 1. The van der Waals surface area contributed by atoms with Crippen LogP contribution >= 0.6 is 75.5 Å². The Hall–Kier alpha value is -0.840. The third kappa shape index (κ3) is 47.8. The quantitative estimate of drug-likeness (QED) is 0.0149. The van der Waals surface area contributed by atoms with Gasteiger partial charge in [0.25, 0.3) is 0 Å². The summed E-state index contributed by atoms with van der Waals surface area (Å²) in [7, 11) is 25.1. The predicted octanol–water partition coefficient (Wildman–Crippen LogP) is 12.2. The van der Waals surface area contributed by atoms with Crippen LogP contribution in [0.5, 0.6) is 0 Å². The number of aliphatic hydroxyl groups excluding tert-OH is 8. The number of carbonyl (C=O) groups is 1. The number of aliphatic hydroxyl groups is 8. The molecule has 22 heteroatoms. The molecule has 0 aliphatic carbocycles. The lowest BCUT2D eigenvalue weighted by Gasteiger charge is -2.16. The lowest BCUT2D eigenvalue weighted by molar-refractivity contribution is -0.107. The van der Waals surface area contributed by atoms with Crippen LogP contribution in [0.25, 0.3) is 0 Å². The van der Waals surface area contributed by atoms with E-state index in [1.54, 1.807) is 6.07 Å². The second-order valence-electron chi connectivity index (χ2n) is 19.5. The second kappa shape index (κ2) is 57.6. The van der Waals surface area contributed by atoms with Crippen molar-refractivity contribution in [3.05, 3.63) is 174 Å². The highest BCUT2D eigenvalue weighted by atomic mass is 32.8. The SMILES string of the molecule is CCC=O.CCCCCc1cc(CO)cc(CO)c1.CCCN(C)Cc1cc(CO)cc(CO)c1.CCc1cc(CC)cc(CN)c1.CN(C)Cc1cc(CO)cc(CO)c1.CNCc1cc(CO)cc(CO)c1.PP(P)P.PPP(P)P. The maximum absolute atomic E-state index is 9.17. The van der Waals surface area contributed by atoms with Gasteiger partial charge in [0.15, 0.2) is 0 Å². The van der Waals surface area contributed by atoms with Gasteiger partial charge in [-0.05, 0) is 164 Å². The van der Waals surface area contributed by atoms with Gasteiger partial charge in [0.05, 0.1) is 52.9 Å². The molecule has 5 rings (SSSR count). The zero-order valence-electron chi connectivity index (χ0n) is 51.4. The highest BCUT2D eigenvalue weighted by Crippen LogP contribution is 2.71. The lowest BCUT2D eigenvalue weighted by atomic mass is 10.0. The molecular formula is C61H109N4O9P9. The van der Waals surface area contributed by atoms with Crippen LogP contribution in [-0.2, 0) is 103 Å². The van der Waals surface area contributed by atoms with Crippen molar-refractivity contribution >= 4 is 81.8 Å². The van der Waals surface area contributed by atoms with Crippen LogP contribution in [0, 0.1) is 0 Å². The number of rotatable bonds is 25. The Morgan fingerprint density at radius 3 is 1.02 bits per heavy atom. The average molecular weight is 1320 g/mol. The van der Waals surface area contributed by atoms with Crippen LogP contribution in [-0.4, -0.2) is 91.7 Å². The van der Waals surface area contributed by atoms with E-state index < -0.39 is 0 Å². The Labute approximate surface area is 519 Å². The summed E-state index contributed by atoms with van der Waals surface area (Å²) < 4.78 is 0. The molecule has 0 saturated carbocycles. The van der Waals surface area contributed by atoms with E-state index in [4.69, 9.17) is 46.6 Å². The Morgan fingerprint density at radius 2 is 0.771 bits per heavy atom. The first-order chi connectivity index (χ1) is 39.6. The van der Waals surface area contributed by atoms with Crippen LogP contribution in [0.4, 0.5) is 0 Å². The van der Waals surface area contributed by atoms with Gasteiger partial charge in [0.2, 0.25) is 0 Å². The summed E-state index contributed by atoms with van der Waals surface area (Å²) in [6.45, 7) is 15.2. The van der Waals surface area contributed by atoms with Crippen molar-refractivity contribution in [3.8, 4) is 0 Å². The second-order valence-corrected chi connectivity index (χ2v) is 45.1. The molecule has 0 aromatic heterocycles. The number of benzene rings is 5. The first-order valence-electron chi connectivity index (χ1n) is 28.0. The van der Waals surface area contributed by atoms with E-state index in [-0.39, 0.29) is 66.8 Å². The lowest BCUT2D eigenvalue weighted by Crippen LogP contribution is -2.18. The number of unbranched alkanes of at least 4 members (excludes halogenated alkanes) is 2. The molecule has 13 nitrogen and oxygen atoms in total. The van der Waals surface area contributed by atoms with E-state index in [2.05, 4.69) is 122 Å². The maximum atomic E-state index is 9.17. The minimum Gasteiger partial charge on any atom is -0.392 e. The molecule has 0 radical (unpaired) electrons. The molecule has 0 aliphatic rings.